The standard InChI is InChI=1S/C5H3ClF3N3/c6-12-4-3(5(7,8)9)1-10-2-11-4/h1-2H,(H,10,11,12). The minimum atomic E-state index is -4.49. The molecule has 0 spiro atoms. The summed E-state index contributed by atoms with van der Waals surface area (Å²) >= 11 is 5.00. The second-order valence-corrected chi connectivity index (χ2v) is 2.07. The van der Waals surface area contributed by atoms with Gasteiger partial charge in [-0.1, -0.05) is 0 Å². The number of hydrogen-bond donors (Lipinski definition) is 1. The molecule has 0 atom stereocenters. The first-order valence-electron chi connectivity index (χ1n) is 2.79. The van der Waals surface area contributed by atoms with Crippen LogP contribution >= 0.6 is 11.8 Å². The van der Waals surface area contributed by atoms with Crippen LogP contribution in [0.4, 0.5) is 19.0 Å². The SMILES string of the molecule is FC(F)(F)c1cncnc1NCl. The molecule has 0 aliphatic heterocycles. The van der Waals surface area contributed by atoms with Crippen LogP contribution in [0.2, 0.25) is 0 Å². The monoisotopic (exact) mass is 197 g/mol. The van der Waals surface area contributed by atoms with Crippen molar-refractivity contribution < 1.29 is 13.2 Å². The second-order valence-electron chi connectivity index (χ2n) is 1.88. The van der Waals surface area contributed by atoms with E-state index in [1.807, 2.05) is 0 Å². The summed E-state index contributed by atoms with van der Waals surface area (Å²) in [6.07, 6.45) is -2.86. The van der Waals surface area contributed by atoms with E-state index < -0.39 is 17.6 Å². The molecule has 1 aromatic heterocycles. The largest absolute Gasteiger partial charge is 0.421 e. The van der Waals surface area contributed by atoms with E-state index in [1.165, 1.54) is 0 Å². The van der Waals surface area contributed by atoms with Gasteiger partial charge in [0.05, 0.1) is 0 Å². The highest BCUT2D eigenvalue weighted by Crippen LogP contribution is 2.32. The molecule has 0 saturated carbocycles. The van der Waals surface area contributed by atoms with E-state index in [1.54, 1.807) is 4.84 Å². The Labute approximate surface area is 70.7 Å². The number of nitrogens with one attached hydrogen (secondary N) is 1. The molecule has 1 rings (SSSR count). The fourth-order valence-corrected chi connectivity index (χ4v) is 0.763. The highest BCUT2D eigenvalue weighted by molar-refractivity contribution is 6.23. The van der Waals surface area contributed by atoms with Crippen molar-refractivity contribution in [2.75, 3.05) is 4.84 Å². The molecule has 0 aromatic carbocycles. The van der Waals surface area contributed by atoms with E-state index in [0.29, 0.717) is 6.20 Å². The van der Waals surface area contributed by atoms with Gasteiger partial charge in [-0.05, 0) is 0 Å². The van der Waals surface area contributed by atoms with Crippen molar-refractivity contribution in [2.45, 2.75) is 6.18 Å². The number of rotatable bonds is 1. The van der Waals surface area contributed by atoms with Gasteiger partial charge in [0.2, 0.25) is 0 Å². The molecule has 0 amide bonds. The van der Waals surface area contributed by atoms with Crippen molar-refractivity contribution in [1.29, 1.82) is 0 Å². The molecule has 66 valence electrons. The van der Waals surface area contributed by atoms with Crippen LogP contribution in [-0.4, -0.2) is 9.97 Å². The summed E-state index contributed by atoms with van der Waals surface area (Å²) in [6, 6.07) is 0. The second kappa shape index (κ2) is 3.14. The molecule has 12 heavy (non-hydrogen) atoms. The molecule has 0 aliphatic carbocycles. The lowest BCUT2D eigenvalue weighted by Gasteiger charge is -2.08. The number of nitrogens with zero attached hydrogens (tertiary/aromatic N) is 2. The molecule has 0 unspecified atom stereocenters. The van der Waals surface area contributed by atoms with E-state index in [4.69, 9.17) is 11.8 Å². The third-order valence-corrected chi connectivity index (χ3v) is 1.29. The summed E-state index contributed by atoms with van der Waals surface area (Å²) < 4.78 is 36.2. The van der Waals surface area contributed by atoms with E-state index in [-0.39, 0.29) is 0 Å². The van der Waals surface area contributed by atoms with Crippen LogP contribution in [0.25, 0.3) is 0 Å². The van der Waals surface area contributed by atoms with Crippen molar-refractivity contribution in [3.63, 3.8) is 0 Å². The van der Waals surface area contributed by atoms with Gasteiger partial charge in [0.25, 0.3) is 0 Å². The maximum absolute atomic E-state index is 12.1. The molecule has 0 bridgehead atoms. The Hall–Kier alpha value is -1.04. The van der Waals surface area contributed by atoms with Crippen LogP contribution in [0.15, 0.2) is 12.5 Å². The predicted molar refractivity (Wildman–Crippen MR) is 36.5 cm³/mol. The topological polar surface area (TPSA) is 37.8 Å². The minimum Gasteiger partial charge on any atom is -0.282 e. The van der Waals surface area contributed by atoms with Crippen LogP contribution < -0.4 is 4.84 Å². The molecule has 7 heteroatoms. The molecule has 1 N–H and O–H groups in total. The first-order valence-corrected chi connectivity index (χ1v) is 3.17. The molecule has 0 aliphatic rings. The molecular weight excluding hydrogens is 195 g/mol. The molecule has 0 radical (unpaired) electrons. The summed E-state index contributed by atoms with van der Waals surface area (Å²) in [5.41, 5.74) is -0.986. The summed E-state index contributed by atoms with van der Waals surface area (Å²) in [4.78, 5) is 8.32. The molecule has 0 saturated heterocycles. The van der Waals surface area contributed by atoms with Crippen LogP contribution in [0.1, 0.15) is 5.56 Å². The molecule has 0 fully saturated rings. The fraction of sp³-hybridized carbons (Fsp3) is 0.200. The van der Waals surface area contributed by atoms with E-state index in [9.17, 15) is 13.2 Å². The molecular formula is C5H3ClF3N3. The minimum absolute atomic E-state index is 0.445. The van der Waals surface area contributed by atoms with E-state index in [0.717, 1.165) is 6.33 Å². The van der Waals surface area contributed by atoms with Crippen molar-refractivity contribution in [2.24, 2.45) is 0 Å². The number of hydrogen-bond acceptors (Lipinski definition) is 3. The molecule has 3 nitrogen and oxygen atoms in total. The van der Waals surface area contributed by atoms with Crippen molar-refractivity contribution in [3.05, 3.63) is 18.1 Å². The maximum Gasteiger partial charge on any atom is 0.421 e. The Morgan fingerprint density at radius 1 is 1.42 bits per heavy atom. The Kier molecular flexibility index (Phi) is 2.37. The van der Waals surface area contributed by atoms with Crippen molar-refractivity contribution in [3.8, 4) is 0 Å². The zero-order chi connectivity index (χ0) is 9.19. The van der Waals surface area contributed by atoms with Crippen LogP contribution in [0.3, 0.4) is 0 Å². The lowest BCUT2D eigenvalue weighted by Crippen LogP contribution is -2.09. The van der Waals surface area contributed by atoms with Gasteiger partial charge in [-0.3, -0.25) is 4.84 Å². The normalized spacial score (nSPS) is 11.3. The van der Waals surface area contributed by atoms with Gasteiger partial charge in [0.15, 0.2) is 5.82 Å². The molecule has 1 heterocycles. The summed E-state index contributed by atoms with van der Waals surface area (Å²) in [7, 11) is 0. The lowest BCUT2D eigenvalue weighted by molar-refractivity contribution is -0.137. The Bertz CT molecular complexity index is 275. The Morgan fingerprint density at radius 2 is 2.08 bits per heavy atom. The third kappa shape index (κ3) is 1.76. The number of halogens is 4. The average Bonchev–Trinajstić information content (AvgIpc) is 2.03. The van der Waals surface area contributed by atoms with Gasteiger partial charge in [0, 0.05) is 18.0 Å². The third-order valence-electron chi connectivity index (χ3n) is 1.11. The highest BCUT2D eigenvalue weighted by Gasteiger charge is 2.34. The van der Waals surface area contributed by atoms with Gasteiger partial charge in [-0.2, -0.15) is 13.2 Å². The van der Waals surface area contributed by atoms with E-state index >= 15 is 0 Å². The predicted octanol–water partition coefficient (Wildman–Crippen LogP) is 2.06. The lowest BCUT2D eigenvalue weighted by atomic mass is 10.3. The average molecular weight is 198 g/mol. The summed E-state index contributed by atoms with van der Waals surface area (Å²) in [5, 5.41) is 0. The summed E-state index contributed by atoms with van der Waals surface area (Å²) in [6.45, 7) is 0. The fourth-order valence-electron chi connectivity index (χ4n) is 0.612. The zero-order valence-electron chi connectivity index (χ0n) is 5.56. The molecule has 1 aromatic rings. The van der Waals surface area contributed by atoms with Gasteiger partial charge in [-0.15, -0.1) is 0 Å². The zero-order valence-corrected chi connectivity index (χ0v) is 6.32. The van der Waals surface area contributed by atoms with Crippen LogP contribution in [-0.2, 0) is 6.18 Å². The van der Waals surface area contributed by atoms with E-state index in [2.05, 4.69) is 9.97 Å². The Balaban J connectivity index is 3.14. The van der Waals surface area contributed by atoms with Crippen LogP contribution in [0, 0.1) is 0 Å². The first kappa shape index (κ1) is 9.05. The number of anilines is 1. The van der Waals surface area contributed by atoms with Gasteiger partial charge in [-0.25, -0.2) is 9.97 Å². The number of alkyl halides is 3. The summed E-state index contributed by atoms with van der Waals surface area (Å²) in [5.74, 6) is -0.445. The smallest absolute Gasteiger partial charge is 0.282 e. The maximum atomic E-state index is 12.1. The van der Waals surface area contributed by atoms with Gasteiger partial charge < -0.3 is 0 Å². The number of aromatic nitrogens is 2. The van der Waals surface area contributed by atoms with Gasteiger partial charge >= 0.3 is 6.18 Å². The van der Waals surface area contributed by atoms with Crippen LogP contribution in [0.5, 0.6) is 0 Å². The quantitative estimate of drug-likeness (QED) is 0.701. The van der Waals surface area contributed by atoms with Gasteiger partial charge in [0.1, 0.15) is 11.9 Å². The Morgan fingerprint density at radius 3 is 2.50 bits per heavy atom. The van der Waals surface area contributed by atoms with Crippen molar-refractivity contribution >= 4 is 17.6 Å². The van der Waals surface area contributed by atoms with Crippen molar-refractivity contribution in [1.82, 2.24) is 9.97 Å². The highest BCUT2D eigenvalue weighted by atomic mass is 35.5. The first-order chi connectivity index (χ1) is 5.55.